The van der Waals surface area contributed by atoms with Gasteiger partial charge in [0.05, 0.1) is 17.1 Å². The van der Waals surface area contributed by atoms with Gasteiger partial charge in [0.2, 0.25) is 0 Å². The van der Waals surface area contributed by atoms with E-state index in [4.69, 9.17) is 10.9 Å². The van der Waals surface area contributed by atoms with Crippen LogP contribution in [-0.2, 0) is 9.84 Å². The van der Waals surface area contributed by atoms with Crippen LogP contribution in [0.5, 0.6) is 0 Å². The highest BCUT2D eigenvalue weighted by atomic mass is 32.2. The lowest BCUT2D eigenvalue weighted by Crippen LogP contribution is -2.48. The molecule has 1 aromatic rings. The van der Waals surface area contributed by atoms with Gasteiger partial charge in [-0.3, -0.25) is 0 Å². The minimum Gasteiger partial charge on any atom is -0.409 e. The molecule has 1 aliphatic heterocycles. The van der Waals surface area contributed by atoms with Crippen molar-refractivity contribution in [3.63, 3.8) is 0 Å². The van der Waals surface area contributed by atoms with Gasteiger partial charge in [-0.2, -0.15) is 0 Å². The van der Waals surface area contributed by atoms with Gasteiger partial charge in [-0.15, -0.1) is 0 Å². The molecule has 0 amide bonds. The molecule has 0 saturated carbocycles. The first-order chi connectivity index (χ1) is 9.75. The second kappa shape index (κ2) is 5.51. The molecule has 3 N–H and O–H groups in total. The number of hydrogen-bond acceptors (Lipinski definition) is 6. The molecule has 1 atom stereocenters. The lowest BCUT2D eigenvalue weighted by atomic mass is 10.1. The van der Waals surface area contributed by atoms with E-state index < -0.39 is 9.84 Å². The van der Waals surface area contributed by atoms with E-state index in [2.05, 4.69) is 10.1 Å². The van der Waals surface area contributed by atoms with E-state index in [1.807, 2.05) is 31.7 Å². The number of pyridine rings is 1. The minimum atomic E-state index is -3.01. The number of oxime groups is 1. The van der Waals surface area contributed by atoms with Crippen molar-refractivity contribution in [3.05, 3.63) is 22.9 Å². The molecule has 2 rings (SSSR count). The Hall–Kier alpha value is -1.83. The standard InChI is InChI=1S/C13H20N4O3S/c1-8-6-9(2)15-13(11(8)12(14)16-18)17-4-5-21(19,20)7-10(17)3/h6,10,18H,4-5,7H2,1-3H3,(H2,14,16). The predicted octanol–water partition coefficient (Wildman–Crippen LogP) is 0.416. The van der Waals surface area contributed by atoms with Crippen molar-refractivity contribution in [2.75, 3.05) is 23.0 Å². The van der Waals surface area contributed by atoms with Crippen molar-refractivity contribution in [1.29, 1.82) is 0 Å². The quantitative estimate of drug-likeness (QED) is 0.354. The number of hydrogen-bond donors (Lipinski definition) is 2. The van der Waals surface area contributed by atoms with Gasteiger partial charge in [-0.1, -0.05) is 5.16 Å². The van der Waals surface area contributed by atoms with Crippen molar-refractivity contribution in [2.24, 2.45) is 10.9 Å². The third-order valence-electron chi connectivity index (χ3n) is 3.63. The second-order valence-corrected chi connectivity index (χ2v) is 7.65. The van der Waals surface area contributed by atoms with Gasteiger partial charge < -0.3 is 15.8 Å². The summed E-state index contributed by atoms with van der Waals surface area (Å²) in [6.07, 6.45) is 0. The summed E-state index contributed by atoms with van der Waals surface area (Å²) in [4.78, 5) is 6.40. The van der Waals surface area contributed by atoms with Crippen LogP contribution in [0.2, 0.25) is 0 Å². The highest BCUT2D eigenvalue weighted by Crippen LogP contribution is 2.26. The van der Waals surface area contributed by atoms with Gasteiger partial charge in [-0.25, -0.2) is 13.4 Å². The molecule has 1 fully saturated rings. The summed E-state index contributed by atoms with van der Waals surface area (Å²) in [7, 11) is -3.01. The lowest BCUT2D eigenvalue weighted by molar-refractivity contribution is 0.318. The molecule has 1 unspecified atom stereocenters. The molecule has 0 aromatic carbocycles. The molecular weight excluding hydrogens is 292 g/mol. The van der Waals surface area contributed by atoms with Crippen molar-refractivity contribution >= 4 is 21.5 Å². The number of nitrogens with two attached hydrogens (primary N) is 1. The van der Waals surface area contributed by atoms with E-state index >= 15 is 0 Å². The first-order valence-corrected chi connectivity index (χ1v) is 8.50. The Morgan fingerprint density at radius 1 is 1.52 bits per heavy atom. The maximum atomic E-state index is 11.7. The minimum absolute atomic E-state index is 0.0179. The monoisotopic (exact) mass is 312 g/mol. The summed E-state index contributed by atoms with van der Waals surface area (Å²) in [5.41, 5.74) is 7.96. The molecule has 1 aromatic heterocycles. The largest absolute Gasteiger partial charge is 0.409 e. The number of amidine groups is 1. The van der Waals surface area contributed by atoms with Crippen LogP contribution in [0, 0.1) is 13.8 Å². The molecule has 2 heterocycles. The number of aromatic nitrogens is 1. The van der Waals surface area contributed by atoms with Gasteiger partial charge >= 0.3 is 0 Å². The second-order valence-electron chi connectivity index (χ2n) is 5.42. The van der Waals surface area contributed by atoms with Crippen molar-refractivity contribution < 1.29 is 13.6 Å². The SMILES string of the molecule is Cc1cc(C)c(/C(N)=N/O)c(N2CCS(=O)(=O)CC2C)n1. The van der Waals surface area contributed by atoms with Crippen molar-refractivity contribution in [1.82, 2.24) is 4.98 Å². The summed E-state index contributed by atoms with van der Waals surface area (Å²) < 4.78 is 23.4. The Morgan fingerprint density at radius 3 is 2.76 bits per heavy atom. The fourth-order valence-electron chi connectivity index (χ4n) is 2.70. The normalized spacial score (nSPS) is 22.3. The third-order valence-corrected chi connectivity index (χ3v) is 5.43. The first-order valence-electron chi connectivity index (χ1n) is 6.68. The topological polar surface area (TPSA) is 109 Å². The molecule has 0 spiro atoms. The summed E-state index contributed by atoms with van der Waals surface area (Å²) in [5.74, 6) is 0.722. The molecule has 1 saturated heterocycles. The molecule has 0 bridgehead atoms. The molecule has 116 valence electrons. The zero-order valence-corrected chi connectivity index (χ0v) is 13.2. The Bertz CT molecular complexity index is 685. The van der Waals surface area contributed by atoms with Crippen LogP contribution < -0.4 is 10.6 Å². The fraction of sp³-hybridized carbons (Fsp3) is 0.538. The van der Waals surface area contributed by atoms with Gasteiger partial charge in [0.15, 0.2) is 15.7 Å². The summed E-state index contributed by atoms with van der Waals surface area (Å²) in [6, 6.07) is 1.64. The zero-order chi connectivity index (χ0) is 15.8. The van der Waals surface area contributed by atoms with Crippen LogP contribution in [0.25, 0.3) is 0 Å². The van der Waals surface area contributed by atoms with E-state index in [1.54, 1.807) is 0 Å². The van der Waals surface area contributed by atoms with Crippen LogP contribution in [0.3, 0.4) is 0 Å². The molecule has 1 aliphatic rings. The average molecular weight is 312 g/mol. The highest BCUT2D eigenvalue weighted by Gasteiger charge is 2.31. The number of sulfone groups is 1. The molecule has 7 nitrogen and oxygen atoms in total. The zero-order valence-electron chi connectivity index (χ0n) is 12.4. The van der Waals surface area contributed by atoms with E-state index in [0.717, 1.165) is 11.3 Å². The number of aryl methyl sites for hydroxylation is 2. The number of nitrogens with zero attached hydrogens (tertiary/aromatic N) is 3. The molecule has 0 radical (unpaired) electrons. The van der Waals surface area contributed by atoms with Crippen LogP contribution >= 0.6 is 0 Å². The van der Waals surface area contributed by atoms with Gasteiger partial charge in [0.1, 0.15) is 5.82 Å². The van der Waals surface area contributed by atoms with E-state index in [0.29, 0.717) is 17.9 Å². The smallest absolute Gasteiger partial charge is 0.174 e. The first kappa shape index (κ1) is 15.6. The van der Waals surface area contributed by atoms with Gasteiger partial charge in [-0.05, 0) is 32.4 Å². The summed E-state index contributed by atoms with van der Waals surface area (Å²) >= 11 is 0. The third kappa shape index (κ3) is 3.10. The van der Waals surface area contributed by atoms with Crippen LogP contribution in [0.15, 0.2) is 11.2 Å². The maximum absolute atomic E-state index is 11.7. The fourth-order valence-corrected chi connectivity index (χ4v) is 4.26. The maximum Gasteiger partial charge on any atom is 0.174 e. The Kier molecular flexibility index (Phi) is 4.08. The van der Waals surface area contributed by atoms with Gasteiger partial charge in [0.25, 0.3) is 0 Å². The Labute approximate surface area is 124 Å². The van der Waals surface area contributed by atoms with Crippen LogP contribution in [0.4, 0.5) is 5.82 Å². The van der Waals surface area contributed by atoms with Crippen molar-refractivity contribution in [3.8, 4) is 0 Å². The van der Waals surface area contributed by atoms with Crippen LogP contribution in [-0.4, -0.2) is 48.5 Å². The molecule has 21 heavy (non-hydrogen) atoms. The highest BCUT2D eigenvalue weighted by molar-refractivity contribution is 7.91. The molecule has 8 heteroatoms. The Morgan fingerprint density at radius 2 is 2.19 bits per heavy atom. The summed E-state index contributed by atoms with van der Waals surface area (Å²) in [5, 5.41) is 12.0. The van der Waals surface area contributed by atoms with Gasteiger partial charge in [0, 0.05) is 18.3 Å². The van der Waals surface area contributed by atoms with Crippen LogP contribution in [0.1, 0.15) is 23.7 Å². The predicted molar refractivity (Wildman–Crippen MR) is 81.7 cm³/mol. The average Bonchev–Trinajstić information content (AvgIpc) is 2.36. The van der Waals surface area contributed by atoms with E-state index in [1.165, 1.54) is 0 Å². The van der Waals surface area contributed by atoms with E-state index in [9.17, 15) is 8.42 Å². The van der Waals surface area contributed by atoms with E-state index in [-0.39, 0.29) is 23.4 Å². The van der Waals surface area contributed by atoms with Crippen molar-refractivity contribution in [2.45, 2.75) is 26.8 Å². The molecular formula is C13H20N4O3S. The molecule has 0 aliphatic carbocycles. The Balaban J connectivity index is 2.53. The summed E-state index contributed by atoms with van der Waals surface area (Å²) in [6.45, 7) is 5.91. The number of anilines is 1. The lowest BCUT2D eigenvalue weighted by Gasteiger charge is -2.35. The number of rotatable bonds is 2.